The van der Waals surface area contributed by atoms with Gasteiger partial charge in [-0.25, -0.2) is 4.79 Å². The maximum Gasteiger partial charge on any atom is 0.351 e. The Labute approximate surface area is 89.7 Å². The quantitative estimate of drug-likeness (QED) is 0.446. The molecule has 88 valence electrons. The van der Waals surface area contributed by atoms with Crippen molar-refractivity contribution in [1.29, 1.82) is 0 Å². The van der Waals surface area contributed by atoms with Gasteiger partial charge in [-0.3, -0.25) is 15.3 Å². The molecule has 1 aromatic heterocycles. The number of rotatable bonds is 2. The zero-order valence-corrected chi connectivity index (χ0v) is 8.15. The summed E-state index contributed by atoms with van der Waals surface area (Å²) in [6.45, 7) is -0.0434. The lowest BCUT2D eigenvalue weighted by atomic mass is 10.2. The third-order valence-corrected chi connectivity index (χ3v) is 2.34. The average Bonchev–Trinajstić information content (AvgIpc) is 2.60. The lowest BCUT2D eigenvalue weighted by molar-refractivity contribution is -0.0211. The summed E-state index contributed by atoms with van der Waals surface area (Å²) in [5.41, 5.74) is 1.03. The molecule has 16 heavy (non-hydrogen) atoms. The predicted octanol–water partition coefficient (Wildman–Crippen LogP) is -1.70. The van der Waals surface area contributed by atoms with Gasteiger partial charge in [0.25, 0.3) is 0 Å². The summed E-state index contributed by atoms with van der Waals surface area (Å²) < 4.78 is 6.10. The number of aromatic nitrogens is 2. The van der Waals surface area contributed by atoms with Gasteiger partial charge in [0.1, 0.15) is 12.2 Å². The van der Waals surface area contributed by atoms with Crippen LogP contribution in [0.2, 0.25) is 0 Å². The van der Waals surface area contributed by atoms with Crippen LogP contribution in [-0.4, -0.2) is 43.8 Å². The van der Waals surface area contributed by atoms with Crippen LogP contribution in [0.3, 0.4) is 0 Å². The average molecular weight is 229 g/mol. The van der Waals surface area contributed by atoms with Gasteiger partial charge in [-0.15, -0.1) is 0 Å². The fourth-order valence-corrected chi connectivity index (χ4v) is 1.50. The van der Waals surface area contributed by atoms with Crippen molar-refractivity contribution in [3.05, 3.63) is 22.7 Å². The van der Waals surface area contributed by atoms with Gasteiger partial charge in [-0.2, -0.15) is 4.98 Å². The molecule has 0 radical (unpaired) electrons. The predicted molar refractivity (Wildman–Crippen MR) is 50.9 cm³/mol. The van der Waals surface area contributed by atoms with E-state index in [9.17, 15) is 15.0 Å². The van der Waals surface area contributed by atoms with Crippen molar-refractivity contribution < 1.29 is 20.2 Å². The van der Waals surface area contributed by atoms with Crippen LogP contribution < -0.4 is 11.2 Å². The third-order valence-electron chi connectivity index (χ3n) is 2.34. The number of nitrogens with zero attached hydrogens (tertiary/aromatic N) is 2. The van der Waals surface area contributed by atoms with Gasteiger partial charge >= 0.3 is 5.69 Å². The summed E-state index contributed by atoms with van der Waals surface area (Å²) in [7, 11) is 0. The van der Waals surface area contributed by atoms with Crippen molar-refractivity contribution in [3.63, 3.8) is 0 Å². The number of nitrogens with one attached hydrogen (secondary N) is 1. The Morgan fingerprint density at radius 1 is 1.56 bits per heavy atom. The second kappa shape index (κ2) is 4.18. The van der Waals surface area contributed by atoms with E-state index in [2.05, 4.69) is 4.98 Å². The highest BCUT2D eigenvalue weighted by molar-refractivity contribution is 5.28. The Morgan fingerprint density at radius 2 is 2.31 bits per heavy atom. The van der Waals surface area contributed by atoms with E-state index in [1.54, 1.807) is 5.48 Å². The molecule has 0 saturated carbocycles. The minimum Gasteiger partial charge on any atom is -0.388 e. The summed E-state index contributed by atoms with van der Waals surface area (Å²) in [6.07, 6.45) is -1.84. The molecule has 8 heteroatoms. The molecule has 0 unspecified atom stereocenters. The van der Waals surface area contributed by atoms with Crippen molar-refractivity contribution >= 4 is 5.82 Å². The maximum absolute atomic E-state index is 11.5. The van der Waals surface area contributed by atoms with Crippen molar-refractivity contribution in [2.75, 3.05) is 12.1 Å². The first-order chi connectivity index (χ1) is 7.63. The zero-order valence-electron chi connectivity index (χ0n) is 8.15. The lowest BCUT2D eigenvalue weighted by Crippen LogP contribution is -2.34. The molecule has 4 N–H and O–H groups in total. The zero-order chi connectivity index (χ0) is 11.7. The van der Waals surface area contributed by atoms with Gasteiger partial charge < -0.3 is 14.9 Å². The number of ether oxygens (including phenoxy) is 1. The first-order valence-electron chi connectivity index (χ1n) is 4.60. The molecule has 2 rings (SSSR count). The van der Waals surface area contributed by atoms with E-state index in [-0.39, 0.29) is 12.4 Å². The van der Waals surface area contributed by atoms with E-state index in [1.807, 2.05) is 0 Å². The van der Waals surface area contributed by atoms with Gasteiger partial charge in [-0.05, 0) is 6.07 Å². The Kier molecular flexibility index (Phi) is 2.88. The molecule has 1 aliphatic heterocycles. The molecule has 0 aromatic carbocycles. The Bertz CT molecular complexity index is 434. The van der Waals surface area contributed by atoms with Crippen molar-refractivity contribution in [3.8, 4) is 0 Å². The lowest BCUT2D eigenvalue weighted by Gasteiger charge is -2.16. The van der Waals surface area contributed by atoms with E-state index in [0.29, 0.717) is 0 Å². The standard InChI is InChI=1S/C8H11N3O5/c12-4-3-16-7(6(4)13)11-2-1-5(10-15)9-8(11)14/h1-2,4,6-7,12-13,15H,3H2,(H,9,10,14)/t4-,6-,7-/m1/s1. The van der Waals surface area contributed by atoms with Gasteiger partial charge in [0.05, 0.1) is 6.61 Å². The largest absolute Gasteiger partial charge is 0.388 e. The van der Waals surface area contributed by atoms with Crippen molar-refractivity contribution in [2.24, 2.45) is 0 Å². The van der Waals surface area contributed by atoms with E-state index < -0.39 is 24.1 Å². The first-order valence-corrected chi connectivity index (χ1v) is 4.60. The Morgan fingerprint density at radius 3 is 2.81 bits per heavy atom. The fourth-order valence-electron chi connectivity index (χ4n) is 1.50. The molecule has 2 heterocycles. The van der Waals surface area contributed by atoms with Crippen LogP contribution in [-0.2, 0) is 4.74 Å². The van der Waals surface area contributed by atoms with Crippen LogP contribution in [0.25, 0.3) is 0 Å². The van der Waals surface area contributed by atoms with Gasteiger partial charge in [0.2, 0.25) is 0 Å². The van der Waals surface area contributed by atoms with E-state index in [1.165, 1.54) is 12.3 Å². The number of aliphatic hydroxyl groups is 2. The summed E-state index contributed by atoms with van der Waals surface area (Å²) >= 11 is 0. The normalized spacial score (nSPS) is 29.3. The van der Waals surface area contributed by atoms with Crippen LogP contribution >= 0.6 is 0 Å². The first kappa shape index (κ1) is 11.0. The molecule has 3 atom stereocenters. The molecule has 0 amide bonds. The molecule has 8 nitrogen and oxygen atoms in total. The molecule has 0 spiro atoms. The molecule has 0 bridgehead atoms. The van der Waals surface area contributed by atoms with Crippen LogP contribution in [0.1, 0.15) is 6.23 Å². The van der Waals surface area contributed by atoms with E-state index >= 15 is 0 Å². The smallest absolute Gasteiger partial charge is 0.351 e. The summed E-state index contributed by atoms with van der Waals surface area (Å²) in [4.78, 5) is 14.9. The number of hydrogen-bond donors (Lipinski definition) is 4. The molecule has 1 fully saturated rings. The monoisotopic (exact) mass is 229 g/mol. The van der Waals surface area contributed by atoms with Gasteiger partial charge in [-0.1, -0.05) is 0 Å². The van der Waals surface area contributed by atoms with Gasteiger partial charge in [0, 0.05) is 6.20 Å². The number of hydrogen-bond acceptors (Lipinski definition) is 7. The number of aliphatic hydroxyl groups excluding tert-OH is 2. The van der Waals surface area contributed by atoms with Crippen LogP contribution in [0, 0.1) is 0 Å². The van der Waals surface area contributed by atoms with Crippen LogP contribution in [0.5, 0.6) is 0 Å². The fraction of sp³-hybridized carbons (Fsp3) is 0.500. The molecular weight excluding hydrogens is 218 g/mol. The molecule has 0 aliphatic carbocycles. The van der Waals surface area contributed by atoms with E-state index in [4.69, 9.17) is 9.94 Å². The number of anilines is 1. The molecule has 1 saturated heterocycles. The molecule has 1 aromatic rings. The highest BCUT2D eigenvalue weighted by atomic mass is 16.5. The van der Waals surface area contributed by atoms with Crippen molar-refractivity contribution in [2.45, 2.75) is 18.4 Å². The highest BCUT2D eigenvalue weighted by Gasteiger charge is 2.36. The van der Waals surface area contributed by atoms with Gasteiger partial charge in [0.15, 0.2) is 12.0 Å². The summed E-state index contributed by atoms with van der Waals surface area (Å²) in [5, 5.41) is 27.3. The second-order valence-corrected chi connectivity index (χ2v) is 3.40. The highest BCUT2D eigenvalue weighted by Crippen LogP contribution is 2.22. The van der Waals surface area contributed by atoms with Crippen LogP contribution in [0.15, 0.2) is 17.1 Å². The Hall–Kier alpha value is -1.48. The Balaban J connectivity index is 2.31. The van der Waals surface area contributed by atoms with E-state index in [0.717, 1.165) is 4.57 Å². The summed E-state index contributed by atoms with van der Waals surface area (Å²) in [6, 6.07) is 1.34. The SMILES string of the molecule is O=c1nc(NO)ccn1[C@@H]1OC[C@@H](O)[C@H]1O. The molecule has 1 aliphatic rings. The van der Waals surface area contributed by atoms with Crippen molar-refractivity contribution in [1.82, 2.24) is 9.55 Å². The molecular formula is C8H11N3O5. The maximum atomic E-state index is 11.5. The second-order valence-electron chi connectivity index (χ2n) is 3.40. The van der Waals surface area contributed by atoms with Crippen LogP contribution in [0.4, 0.5) is 5.82 Å². The topological polar surface area (TPSA) is 117 Å². The minimum absolute atomic E-state index is 0.00529. The summed E-state index contributed by atoms with van der Waals surface area (Å²) in [5.74, 6) is -0.00529. The minimum atomic E-state index is -1.17. The third kappa shape index (κ3) is 1.78.